The smallest absolute Gasteiger partial charge is 0.0991 e. The van der Waals surface area contributed by atoms with E-state index in [1.807, 2.05) is 12.1 Å². The van der Waals surface area contributed by atoms with Crippen LogP contribution in [-0.2, 0) is 0 Å². The van der Waals surface area contributed by atoms with Gasteiger partial charge in [-0.2, -0.15) is 5.26 Å². The zero-order valence-corrected chi connectivity index (χ0v) is 11.7. The SMILES string of the molecule is CC(C)(C)C1CCC(c2cccc(C#N)c2)CC1. The Hall–Kier alpha value is -1.29. The number of hydrogen-bond donors (Lipinski definition) is 0. The number of benzene rings is 1. The summed E-state index contributed by atoms with van der Waals surface area (Å²) in [4.78, 5) is 0. The van der Waals surface area contributed by atoms with Crippen molar-refractivity contribution in [3.63, 3.8) is 0 Å². The second kappa shape index (κ2) is 5.14. The molecule has 0 amide bonds. The summed E-state index contributed by atoms with van der Waals surface area (Å²) in [5.41, 5.74) is 2.60. The number of nitrogens with zero attached hydrogens (tertiary/aromatic N) is 1. The molecule has 2 rings (SSSR count). The first kappa shape index (κ1) is 13.1. The van der Waals surface area contributed by atoms with Crippen molar-refractivity contribution in [1.29, 1.82) is 5.26 Å². The second-order valence-electron chi connectivity index (χ2n) is 6.65. The Morgan fingerprint density at radius 1 is 1.11 bits per heavy atom. The van der Waals surface area contributed by atoms with Gasteiger partial charge in [-0.05, 0) is 60.6 Å². The number of rotatable bonds is 1. The van der Waals surface area contributed by atoms with Gasteiger partial charge in [0.05, 0.1) is 11.6 Å². The molecule has 0 bridgehead atoms. The van der Waals surface area contributed by atoms with Gasteiger partial charge in [0.1, 0.15) is 0 Å². The van der Waals surface area contributed by atoms with E-state index in [2.05, 4.69) is 39.0 Å². The molecule has 1 aliphatic rings. The molecule has 0 spiro atoms. The van der Waals surface area contributed by atoms with E-state index >= 15 is 0 Å². The highest BCUT2D eigenvalue weighted by molar-refractivity contribution is 5.34. The first-order valence-corrected chi connectivity index (χ1v) is 7.01. The largest absolute Gasteiger partial charge is 0.192 e. The van der Waals surface area contributed by atoms with E-state index in [0.717, 1.165) is 11.5 Å². The van der Waals surface area contributed by atoms with E-state index in [0.29, 0.717) is 11.3 Å². The Kier molecular flexibility index (Phi) is 3.76. The Balaban J connectivity index is 2.04. The van der Waals surface area contributed by atoms with Crippen molar-refractivity contribution in [3.05, 3.63) is 35.4 Å². The molecule has 96 valence electrons. The van der Waals surface area contributed by atoms with Crippen molar-refractivity contribution < 1.29 is 0 Å². The standard InChI is InChI=1S/C17H23N/c1-17(2,3)16-9-7-14(8-10-16)15-6-4-5-13(11-15)12-18/h4-6,11,14,16H,7-10H2,1-3H3. The van der Waals surface area contributed by atoms with Crippen LogP contribution in [0.25, 0.3) is 0 Å². The van der Waals surface area contributed by atoms with Crippen LogP contribution in [0.2, 0.25) is 0 Å². The lowest BCUT2D eigenvalue weighted by Gasteiger charge is -2.37. The maximum absolute atomic E-state index is 8.96. The highest BCUT2D eigenvalue weighted by Gasteiger charge is 2.30. The molecule has 0 aromatic heterocycles. The third-order valence-corrected chi connectivity index (χ3v) is 4.44. The highest BCUT2D eigenvalue weighted by atomic mass is 14.3. The molecule has 0 radical (unpaired) electrons. The molecule has 1 saturated carbocycles. The molecule has 0 aliphatic heterocycles. The average Bonchev–Trinajstić information content (AvgIpc) is 2.38. The van der Waals surface area contributed by atoms with Gasteiger partial charge in [0, 0.05) is 0 Å². The summed E-state index contributed by atoms with van der Waals surface area (Å²) in [5, 5.41) is 8.96. The van der Waals surface area contributed by atoms with Crippen LogP contribution in [-0.4, -0.2) is 0 Å². The van der Waals surface area contributed by atoms with Crippen LogP contribution in [0.1, 0.15) is 63.5 Å². The van der Waals surface area contributed by atoms with Gasteiger partial charge < -0.3 is 0 Å². The van der Waals surface area contributed by atoms with Gasteiger partial charge in [-0.3, -0.25) is 0 Å². The van der Waals surface area contributed by atoms with Gasteiger partial charge in [0.25, 0.3) is 0 Å². The molecule has 0 atom stereocenters. The molecule has 1 aromatic carbocycles. The minimum absolute atomic E-state index is 0.444. The Morgan fingerprint density at radius 3 is 2.33 bits per heavy atom. The lowest BCUT2D eigenvalue weighted by molar-refractivity contribution is 0.169. The van der Waals surface area contributed by atoms with Crippen LogP contribution in [0.3, 0.4) is 0 Å². The van der Waals surface area contributed by atoms with Crippen molar-refractivity contribution in [2.45, 2.75) is 52.4 Å². The van der Waals surface area contributed by atoms with Crippen LogP contribution >= 0.6 is 0 Å². The average molecular weight is 241 g/mol. The van der Waals surface area contributed by atoms with Gasteiger partial charge in [0.15, 0.2) is 0 Å². The molecule has 1 aromatic rings. The molecule has 0 saturated heterocycles. The summed E-state index contributed by atoms with van der Waals surface area (Å²) in [6.07, 6.45) is 5.20. The zero-order chi connectivity index (χ0) is 13.2. The molecule has 18 heavy (non-hydrogen) atoms. The minimum Gasteiger partial charge on any atom is -0.192 e. The highest BCUT2D eigenvalue weighted by Crippen LogP contribution is 2.43. The Morgan fingerprint density at radius 2 is 1.78 bits per heavy atom. The fourth-order valence-corrected chi connectivity index (χ4v) is 3.15. The van der Waals surface area contributed by atoms with E-state index in [9.17, 15) is 0 Å². The van der Waals surface area contributed by atoms with Crippen molar-refractivity contribution in [3.8, 4) is 6.07 Å². The van der Waals surface area contributed by atoms with E-state index in [1.54, 1.807) is 0 Å². The van der Waals surface area contributed by atoms with E-state index in [4.69, 9.17) is 5.26 Å². The molecule has 1 heteroatoms. The molecular weight excluding hydrogens is 218 g/mol. The van der Waals surface area contributed by atoms with Crippen LogP contribution in [0.4, 0.5) is 0 Å². The number of hydrogen-bond acceptors (Lipinski definition) is 1. The molecule has 0 N–H and O–H groups in total. The first-order valence-electron chi connectivity index (χ1n) is 7.01. The summed E-state index contributed by atoms with van der Waals surface area (Å²) < 4.78 is 0. The van der Waals surface area contributed by atoms with Crippen molar-refractivity contribution in [2.75, 3.05) is 0 Å². The van der Waals surface area contributed by atoms with Crippen molar-refractivity contribution >= 4 is 0 Å². The van der Waals surface area contributed by atoms with Crippen LogP contribution in [0, 0.1) is 22.7 Å². The quantitative estimate of drug-likeness (QED) is 0.687. The third-order valence-electron chi connectivity index (χ3n) is 4.44. The van der Waals surface area contributed by atoms with Gasteiger partial charge in [-0.15, -0.1) is 0 Å². The first-order chi connectivity index (χ1) is 8.50. The Labute approximate surface area is 111 Å². The predicted octanol–water partition coefficient (Wildman–Crippen LogP) is 4.88. The summed E-state index contributed by atoms with van der Waals surface area (Å²) >= 11 is 0. The third kappa shape index (κ3) is 2.93. The maximum Gasteiger partial charge on any atom is 0.0991 e. The van der Waals surface area contributed by atoms with Crippen LogP contribution < -0.4 is 0 Å². The molecule has 1 aliphatic carbocycles. The van der Waals surface area contributed by atoms with Crippen LogP contribution in [0.15, 0.2) is 24.3 Å². The van der Waals surface area contributed by atoms with E-state index in [1.165, 1.54) is 31.2 Å². The molecule has 0 heterocycles. The monoisotopic (exact) mass is 241 g/mol. The van der Waals surface area contributed by atoms with E-state index < -0.39 is 0 Å². The van der Waals surface area contributed by atoms with Gasteiger partial charge in [-0.25, -0.2) is 0 Å². The second-order valence-corrected chi connectivity index (χ2v) is 6.65. The fraction of sp³-hybridized carbons (Fsp3) is 0.588. The lowest BCUT2D eigenvalue weighted by atomic mass is 9.68. The van der Waals surface area contributed by atoms with Gasteiger partial charge >= 0.3 is 0 Å². The van der Waals surface area contributed by atoms with Crippen LogP contribution in [0.5, 0.6) is 0 Å². The molecule has 0 unspecified atom stereocenters. The summed E-state index contributed by atoms with van der Waals surface area (Å²) in [7, 11) is 0. The van der Waals surface area contributed by atoms with E-state index in [-0.39, 0.29) is 0 Å². The lowest BCUT2D eigenvalue weighted by Crippen LogP contribution is -2.25. The zero-order valence-electron chi connectivity index (χ0n) is 11.7. The fourth-order valence-electron chi connectivity index (χ4n) is 3.15. The van der Waals surface area contributed by atoms with Crippen molar-refractivity contribution in [1.82, 2.24) is 0 Å². The minimum atomic E-state index is 0.444. The topological polar surface area (TPSA) is 23.8 Å². The molecule has 1 nitrogen and oxygen atoms in total. The summed E-state index contributed by atoms with van der Waals surface area (Å²) in [6, 6.07) is 10.4. The molecular formula is C17H23N. The van der Waals surface area contributed by atoms with Gasteiger partial charge in [0.2, 0.25) is 0 Å². The maximum atomic E-state index is 8.96. The van der Waals surface area contributed by atoms with Crippen molar-refractivity contribution in [2.24, 2.45) is 11.3 Å². The molecule has 1 fully saturated rings. The summed E-state index contributed by atoms with van der Waals surface area (Å²) in [5.74, 6) is 1.52. The number of nitriles is 1. The Bertz CT molecular complexity index is 439. The summed E-state index contributed by atoms with van der Waals surface area (Å²) in [6.45, 7) is 7.07. The normalized spacial score (nSPS) is 24.6. The predicted molar refractivity (Wildman–Crippen MR) is 75.3 cm³/mol. The van der Waals surface area contributed by atoms with Gasteiger partial charge in [-0.1, -0.05) is 32.9 Å².